The number of ether oxygens (including phenoxy) is 2. The summed E-state index contributed by atoms with van der Waals surface area (Å²) in [6, 6.07) is 10.2. The highest BCUT2D eigenvalue weighted by Gasteiger charge is 2.77. The smallest absolute Gasteiger partial charge is 0.168 e. The van der Waals surface area contributed by atoms with Crippen LogP contribution in [0.1, 0.15) is 12.0 Å². The zero-order valence-corrected chi connectivity index (χ0v) is 11.8. The zero-order valence-electron chi connectivity index (χ0n) is 11.8. The van der Waals surface area contributed by atoms with E-state index in [0.717, 1.165) is 6.42 Å². The Hall–Kier alpha value is -1.45. The van der Waals surface area contributed by atoms with E-state index < -0.39 is 0 Å². The number of Topliss-reactive ketones (excluding diaryl/α,β-unsaturated/α-hetero) is 1. The molecule has 1 aromatic carbocycles. The average Bonchev–Trinajstić information content (AvgIpc) is 2.97. The van der Waals surface area contributed by atoms with Crippen molar-refractivity contribution in [3.05, 3.63) is 48.0 Å². The number of epoxide rings is 1. The minimum atomic E-state index is -0.125. The normalized spacial score (nSPS) is 45.0. The number of allylic oxidation sites excluding steroid dienone is 2. The molecule has 2 bridgehead atoms. The van der Waals surface area contributed by atoms with Crippen LogP contribution in [0.2, 0.25) is 0 Å². The van der Waals surface area contributed by atoms with Gasteiger partial charge in [0.05, 0.1) is 13.2 Å². The Kier molecular flexibility index (Phi) is 2.34. The molecular formula is C18H18O3. The maximum absolute atomic E-state index is 12.4. The first-order chi connectivity index (χ1) is 10.3. The molecule has 2 saturated carbocycles. The number of hydrogen-bond acceptors (Lipinski definition) is 3. The van der Waals surface area contributed by atoms with Crippen molar-refractivity contribution in [3.63, 3.8) is 0 Å². The highest BCUT2D eigenvalue weighted by molar-refractivity contribution is 5.94. The largest absolute Gasteiger partial charge is 0.376 e. The fourth-order valence-electron chi connectivity index (χ4n) is 4.98. The van der Waals surface area contributed by atoms with Crippen LogP contribution in [-0.4, -0.2) is 24.6 Å². The lowest BCUT2D eigenvalue weighted by Crippen LogP contribution is -2.42. The Labute approximate surface area is 123 Å². The van der Waals surface area contributed by atoms with Crippen molar-refractivity contribution >= 4 is 5.78 Å². The highest BCUT2D eigenvalue weighted by Crippen LogP contribution is 2.68. The summed E-state index contributed by atoms with van der Waals surface area (Å²) in [6.07, 6.45) is 5.64. The lowest BCUT2D eigenvalue weighted by atomic mass is 9.70. The zero-order chi connectivity index (χ0) is 14.0. The Morgan fingerprint density at radius 3 is 2.95 bits per heavy atom. The molecule has 1 aliphatic heterocycles. The van der Waals surface area contributed by atoms with Crippen molar-refractivity contribution in [1.82, 2.24) is 0 Å². The number of carbonyl (C=O) groups excluding carboxylic acids is 1. The first-order valence-electron chi connectivity index (χ1n) is 7.80. The molecular weight excluding hydrogens is 264 g/mol. The molecule has 4 aliphatic rings. The van der Waals surface area contributed by atoms with Crippen LogP contribution in [0.4, 0.5) is 0 Å². The number of rotatable bonds is 4. The fourth-order valence-corrected chi connectivity index (χ4v) is 4.98. The van der Waals surface area contributed by atoms with Gasteiger partial charge in [-0.3, -0.25) is 4.79 Å². The van der Waals surface area contributed by atoms with Gasteiger partial charge in [0.15, 0.2) is 5.78 Å². The molecule has 1 saturated heterocycles. The molecule has 0 radical (unpaired) electrons. The van der Waals surface area contributed by atoms with Crippen LogP contribution in [0.3, 0.4) is 0 Å². The molecule has 0 N–H and O–H groups in total. The van der Waals surface area contributed by atoms with E-state index >= 15 is 0 Å². The fraction of sp³-hybridized carbons (Fsp3) is 0.500. The van der Waals surface area contributed by atoms with Crippen molar-refractivity contribution in [3.8, 4) is 0 Å². The standard InChI is InChI=1S/C18H18O3/c19-15-14-12-6-7-13(8-12)18(14,17-16(15)21-17)10-20-9-11-4-2-1-3-5-11/h1-7,12-14,16-17H,8-10H2/t12-,13+,14+,16+,17+,18+/m0/s1. The van der Waals surface area contributed by atoms with Crippen LogP contribution in [-0.2, 0) is 20.9 Å². The third-order valence-corrected chi connectivity index (χ3v) is 5.89. The Morgan fingerprint density at radius 1 is 1.24 bits per heavy atom. The molecule has 1 aromatic rings. The van der Waals surface area contributed by atoms with Gasteiger partial charge in [-0.25, -0.2) is 0 Å². The predicted molar refractivity (Wildman–Crippen MR) is 76.4 cm³/mol. The SMILES string of the molecule is O=C1[C@H]2O[C@H]2[C@]2(COCc3ccccc3)[C@@H]3C=C[C@@H](C3)[C@H]12. The summed E-state index contributed by atoms with van der Waals surface area (Å²) in [6.45, 7) is 1.26. The minimum absolute atomic E-state index is 0.0735. The summed E-state index contributed by atoms with van der Waals surface area (Å²) >= 11 is 0. The molecule has 21 heavy (non-hydrogen) atoms. The molecule has 5 rings (SSSR count). The second-order valence-electron chi connectivity index (χ2n) is 6.84. The summed E-state index contributed by atoms with van der Waals surface area (Å²) in [4.78, 5) is 12.4. The van der Waals surface area contributed by atoms with Gasteiger partial charge in [0.25, 0.3) is 0 Å². The first kappa shape index (κ1) is 12.1. The lowest BCUT2D eigenvalue weighted by molar-refractivity contribution is -0.131. The average molecular weight is 282 g/mol. The molecule has 0 spiro atoms. The van der Waals surface area contributed by atoms with E-state index in [1.54, 1.807) is 0 Å². The van der Waals surface area contributed by atoms with Gasteiger partial charge in [0.2, 0.25) is 0 Å². The third-order valence-electron chi connectivity index (χ3n) is 5.89. The number of benzene rings is 1. The molecule has 0 aromatic heterocycles. The quantitative estimate of drug-likeness (QED) is 0.628. The number of ketones is 1. The summed E-state index contributed by atoms with van der Waals surface area (Å²) in [7, 11) is 0. The van der Waals surface area contributed by atoms with Crippen molar-refractivity contribution < 1.29 is 14.3 Å². The maximum Gasteiger partial charge on any atom is 0.168 e. The molecule has 3 fully saturated rings. The lowest BCUT2D eigenvalue weighted by Gasteiger charge is -2.36. The minimum Gasteiger partial charge on any atom is -0.376 e. The van der Waals surface area contributed by atoms with E-state index in [1.807, 2.05) is 18.2 Å². The van der Waals surface area contributed by atoms with Crippen LogP contribution in [0.5, 0.6) is 0 Å². The van der Waals surface area contributed by atoms with E-state index in [-0.39, 0.29) is 23.5 Å². The summed E-state index contributed by atoms with van der Waals surface area (Å²) in [5, 5.41) is 0. The van der Waals surface area contributed by atoms with Crippen LogP contribution in [0.25, 0.3) is 0 Å². The van der Waals surface area contributed by atoms with Gasteiger partial charge in [0, 0.05) is 11.3 Å². The molecule has 3 aliphatic carbocycles. The summed E-state index contributed by atoms with van der Waals surface area (Å²) in [5.74, 6) is 1.37. The Bertz CT molecular complexity index is 623. The van der Waals surface area contributed by atoms with Crippen LogP contribution >= 0.6 is 0 Å². The molecule has 0 unspecified atom stereocenters. The van der Waals surface area contributed by atoms with Gasteiger partial charge < -0.3 is 9.47 Å². The second kappa shape index (κ2) is 4.05. The topological polar surface area (TPSA) is 38.8 Å². The summed E-state index contributed by atoms with van der Waals surface area (Å²) in [5.41, 5.74) is 1.11. The highest BCUT2D eigenvalue weighted by atomic mass is 16.6. The van der Waals surface area contributed by atoms with E-state index in [0.29, 0.717) is 30.8 Å². The van der Waals surface area contributed by atoms with Gasteiger partial charge in [0.1, 0.15) is 12.2 Å². The van der Waals surface area contributed by atoms with Crippen molar-refractivity contribution in [2.75, 3.05) is 6.61 Å². The molecule has 0 amide bonds. The molecule has 1 heterocycles. The number of hydrogen-bond donors (Lipinski definition) is 0. The summed E-state index contributed by atoms with van der Waals surface area (Å²) < 4.78 is 11.7. The van der Waals surface area contributed by atoms with Crippen molar-refractivity contribution in [1.29, 1.82) is 0 Å². The van der Waals surface area contributed by atoms with Crippen molar-refractivity contribution in [2.45, 2.75) is 25.2 Å². The maximum atomic E-state index is 12.4. The van der Waals surface area contributed by atoms with Crippen molar-refractivity contribution in [2.24, 2.45) is 23.2 Å². The van der Waals surface area contributed by atoms with Gasteiger partial charge in [-0.1, -0.05) is 42.5 Å². The molecule has 108 valence electrons. The Morgan fingerprint density at radius 2 is 2.10 bits per heavy atom. The molecule has 6 atom stereocenters. The van der Waals surface area contributed by atoms with Crippen LogP contribution < -0.4 is 0 Å². The van der Waals surface area contributed by atoms with Gasteiger partial charge in [-0.15, -0.1) is 0 Å². The molecule has 3 nitrogen and oxygen atoms in total. The predicted octanol–water partition coefficient (Wildman–Crippen LogP) is 2.36. The van der Waals surface area contributed by atoms with E-state index in [2.05, 4.69) is 24.3 Å². The Balaban J connectivity index is 1.37. The van der Waals surface area contributed by atoms with Gasteiger partial charge in [-0.2, -0.15) is 0 Å². The third kappa shape index (κ3) is 1.48. The number of carbonyl (C=O) groups is 1. The molecule has 3 heteroatoms. The van der Waals surface area contributed by atoms with Gasteiger partial charge >= 0.3 is 0 Å². The van der Waals surface area contributed by atoms with Crippen LogP contribution in [0.15, 0.2) is 42.5 Å². The first-order valence-corrected chi connectivity index (χ1v) is 7.80. The van der Waals surface area contributed by atoms with E-state index in [4.69, 9.17) is 9.47 Å². The van der Waals surface area contributed by atoms with E-state index in [9.17, 15) is 4.79 Å². The van der Waals surface area contributed by atoms with Gasteiger partial charge in [-0.05, 0) is 23.8 Å². The number of fused-ring (bicyclic) bond motifs is 7. The van der Waals surface area contributed by atoms with E-state index in [1.165, 1.54) is 5.56 Å². The second-order valence-corrected chi connectivity index (χ2v) is 6.84. The monoisotopic (exact) mass is 282 g/mol. The van der Waals surface area contributed by atoms with Crippen LogP contribution in [0, 0.1) is 23.2 Å².